The van der Waals surface area contributed by atoms with Gasteiger partial charge in [-0.05, 0) is 43.5 Å². The Hall–Kier alpha value is -2.37. The van der Waals surface area contributed by atoms with Crippen molar-refractivity contribution in [2.24, 2.45) is 0 Å². The second-order valence-electron chi connectivity index (χ2n) is 5.92. The standard InChI is InChI=1S/C17H23N5O/c1-13-5-9-20-22(13)11-7-17(23)21-10-3-4-15(21)14-6-8-19-16(12-14)18-2/h5-6,8-9,12,15H,3-4,7,10-11H2,1-2H3,(H,18,19)/t15-/m0/s1. The van der Waals surface area contributed by atoms with Crippen LogP contribution in [0, 0.1) is 6.92 Å². The van der Waals surface area contributed by atoms with E-state index in [0.29, 0.717) is 13.0 Å². The van der Waals surface area contributed by atoms with Crippen molar-refractivity contribution in [2.45, 2.75) is 38.8 Å². The van der Waals surface area contributed by atoms with Crippen molar-refractivity contribution in [1.82, 2.24) is 19.7 Å². The summed E-state index contributed by atoms with van der Waals surface area (Å²) in [5, 5.41) is 7.30. The van der Waals surface area contributed by atoms with Crippen molar-refractivity contribution in [2.75, 3.05) is 18.9 Å². The zero-order valence-electron chi connectivity index (χ0n) is 13.7. The van der Waals surface area contributed by atoms with E-state index in [4.69, 9.17) is 0 Å². The first-order chi connectivity index (χ1) is 11.2. The van der Waals surface area contributed by atoms with Gasteiger partial charge in [-0.1, -0.05) is 0 Å². The molecule has 1 saturated heterocycles. The molecule has 3 heterocycles. The van der Waals surface area contributed by atoms with E-state index < -0.39 is 0 Å². The van der Waals surface area contributed by atoms with E-state index in [9.17, 15) is 4.79 Å². The molecule has 2 aromatic rings. The third kappa shape index (κ3) is 3.36. The molecular weight excluding hydrogens is 290 g/mol. The van der Waals surface area contributed by atoms with Crippen LogP contribution in [0.3, 0.4) is 0 Å². The number of aromatic nitrogens is 3. The van der Waals surface area contributed by atoms with Gasteiger partial charge in [0, 0.05) is 44.6 Å². The number of pyridine rings is 1. The third-order valence-corrected chi connectivity index (χ3v) is 4.46. The van der Waals surface area contributed by atoms with Gasteiger partial charge >= 0.3 is 0 Å². The zero-order chi connectivity index (χ0) is 16.2. The molecule has 1 fully saturated rings. The van der Waals surface area contributed by atoms with Gasteiger partial charge in [0.2, 0.25) is 5.91 Å². The molecule has 0 bridgehead atoms. The van der Waals surface area contributed by atoms with E-state index in [1.165, 1.54) is 0 Å². The number of aryl methyl sites for hydroxylation is 2. The normalized spacial score (nSPS) is 17.5. The van der Waals surface area contributed by atoms with Gasteiger partial charge in [0.25, 0.3) is 0 Å². The van der Waals surface area contributed by atoms with Crippen LogP contribution in [0.15, 0.2) is 30.6 Å². The lowest BCUT2D eigenvalue weighted by Crippen LogP contribution is -2.31. The molecule has 1 N–H and O–H groups in total. The molecule has 1 aliphatic rings. The average molecular weight is 313 g/mol. The predicted molar refractivity (Wildman–Crippen MR) is 89.1 cm³/mol. The first-order valence-corrected chi connectivity index (χ1v) is 8.10. The Morgan fingerprint density at radius 1 is 1.39 bits per heavy atom. The second kappa shape index (κ2) is 6.81. The molecule has 1 atom stereocenters. The molecule has 0 aromatic carbocycles. The summed E-state index contributed by atoms with van der Waals surface area (Å²) in [6, 6.07) is 6.17. The average Bonchev–Trinajstić information content (AvgIpc) is 3.21. The smallest absolute Gasteiger partial charge is 0.224 e. The second-order valence-corrected chi connectivity index (χ2v) is 5.92. The van der Waals surface area contributed by atoms with Gasteiger partial charge in [-0.15, -0.1) is 0 Å². The van der Waals surface area contributed by atoms with Crippen molar-refractivity contribution < 1.29 is 4.79 Å². The van der Waals surface area contributed by atoms with Crippen LogP contribution in [0.1, 0.15) is 36.6 Å². The Balaban J connectivity index is 1.68. The highest BCUT2D eigenvalue weighted by atomic mass is 16.2. The number of hydrogen-bond donors (Lipinski definition) is 1. The van der Waals surface area contributed by atoms with Crippen LogP contribution in [0.25, 0.3) is 0 Å². The topological polar surface area (TPSA) is 63.1 Å². The number of nitrogens with zero attached hydrogens (tertiary/aromatic N) is 4. The maximum absolute atomic E-state index is 12.6. The molecule has 6 heteroatoms. The van der Waals surface area contributed by atoms with Crippen molar-refractivity contribution in [3.63, 3.8) is 0 Å². The summed E-state index contributed by atoms with van der Waals surface area (Å²) in [4.78, 5) is 18.9. The summed E-state index contributed by atoms with van der Waals surface area (Å²) in [6.07, 6.45) is 6.13. The lowest BCUT2D eigenvalue weighted by atomic mass is 10.1. The van der Waals surface area contributed by atoms with E-state index >= 15 is 0 Å². The highest BCUT2D eigenvalue weighted by Crippen LogP contribution is 2.33. The largest absolute Gasteiger partial charge is 0.373 e. The minimum absolute atomic E-state index is 0.163. The minimum atomic E-state index is 0.163. The maximum atomic E-state index is 12.6. The third-order valence-electron chi connectivity index (χ3n) is 4.46. The lowest BCUT2D eigenvalue weighted by Gasteiger charge is -2.25. The fourth-order valence-electron chi connectivity index (χ4n) is 3.18. The van der Waals surface area contributed by atoms with Crippen molar-refractivity contribution in [3.05, 3.63) is 41.9 Å². The first-order valence-electron chi connectivity index (χ1n) is 8.10. The summed E-state index contributed by atoms with van der Waals surface area (Å²) in [7, 11) is 1.86. The SMILES string of the molecule is CNc1cc([C@@H]2CCCN2C(=O)CCn2nccc2C)ccn1. The number of carbonyl (C=O) groups is 1. The van der Waals surface area contributed by atoms with Crippen LogP contribution in [0.5, 0.6) is 0 Å². The summed E-state index contributed by atoms with van der Waals surface area (Å²) >= 11 is 0. The van der Waals surface area contributed by atoms with E-state index in [1.807, 2.05) is 41.8 Å². The monoisotopic (exact) mass is 313 g/mol. The van der Waals surface area contributed by atoms with Crippen LogP contribution in [0.4, 0.5) is 5.82 Å². The molecule has 0 saturated carbocycles. The molecule has 23 heavy (non-hydrogen) atoms. The number of anilines is 1. The zero-order valence-corrected chi connectivity index (χ0v) is 13.7. The van der Waals surface area contributed by atoms with Crippen molar-refractivity contribution in [3.8, 4) is 0 Å². The van der Waals surface area contributed by atoms with Gasteiger partial charge in [0.15, 0.2) is 0 Å². The Morgan fingerprint density at radius 3 is 3.00 bits per heavy atom. The molecule has 1 amide bonds. The molecule has 0 radical (unpaired) electrons. The predicted octanol–water partition coefficient (Wildman–Crippen LogP) is 2.38. The van der Waals surface area contributed by atoms with Gasteiger partial charge in [0.05, 0.1) is 6.04 Å². The van der Waals surface area contributed by atoms with Crippen molar-refractivity contribution >= 4 is 11.7 Å². The fraction of sp³-hybridized carbons (Fsp3) is 0.471. The van der Waals surface area contributed by atoms with Crippen LogP contribution in [-0.2, 0) is 11.3 Å². The highest BCUT2D eigenvalue weighted by Gasteiger charge is 2.29. The quantitative estimate of drug-likeness (QED) is 0.920. The van der Waals surface area contributed by atoms with Gasteiger partial charge in [-0.2, -0.15) is 5.10 Å². The fourth-order valence-corrected chi connectivity index (χ4v) is 3.18. The molecule has 122 valence electrons. The van der Waals surface area contributed by atoms with Crippen LogP contribution in [-0.4, -0.2) is 39.2 Å². The lowest BCUT2D eigenvalue weighted by molar-refractivity contribution is -0.132. The summed E-state index contributed by atoms with van der Waals surface area (Å²) < 4.78 is 1.88. The Labute approximate surface area is 136 Å². The highest BCUT2D eigenvalue weighted by molar-refractivity contribution is 5.77. The molecule has 1 aliphatic heterocycles. The molecule has 2 aromatic heterocycles. The van der Waals surface area contributed by atoms with Gasteiger partial charge in [-0.3, -0.25) is 9.48 Å². The van der Waals surface area contributed by atoms with Crippen LogP contribution < -0.4 is 5.32 Å². The molecule has 6 nitrogen and oxygen atoms in total. The van der Waals surface area contributed by atoms with Crippen LogP contribution >= 0.6 is 0 Å². The number of likely N-dealkylation sites (tertiary alicyclic amines) is 1. The van der Waals surface area contributed by atoms with Crippen molar-refractivity contribution in [1.29, 1.82) is 0 Å². The van der Waals surface area contributed by atoms with E-state index in [0.717, 1.165) is 36.5 Å². The Bertz CT molecular complexity index is 681. The summed E-state index contributed by atoms with van der Waals surface area (Å²) in [6.45, 7) is 3.48. The van der Waals surface area contributed by atoms with Gasteiger partial charge in [0.1, 0.15) is 5.82 Å². The Morgan fingerprint density at radius 2 is 2.26 bits per heavy atom. The number of hydrogen-bond acceptors (Lipinski definition) is 4. The minimum Gasteiger partial charge on any atom is -0.373 e. The first kappa shape index (κ1) is 15.5. The number of nitrogens with one attached hydrogen (secondary N) is 1. The number of amides is 1. The van der Waals surface area contributed by atoms with E-state index in [1.54, 1.807) is 12.4 Å². The number of rotatable bonds is 5. The molecule has 3 rings (SSSR count). The maximum Gasteiger partial charge on any atom is 0.224 e. The number of carbonyl (C=O) groups excluding carboxylic acids is 1. The van der Waals surface area contributed by atoms with E-state index in [-0.39, 0.29) is 11.9 Å². The Kier molecular flexibility index (Phi) is 4.60. The van der Waals surface area contributed by atoms with Crippen LogP contribution in [0.2, 0.25) is 0 Å². The molecule has 0 aliphatic carbocycles. The summed E-state index contributed by atoms with van der Waals surface area (Å²) in [5.41, 5.74) is 2.24. The van der Waals surface area contributed by atoms with Gasteiger partial charge in [-0.25, -0.2) is 4.98 Å². The van der Waals surface area contributed by atoms with E-state index in [2.05, 4.69) is 15.4 Å². The molecule has 0 spiro atoms. The molecule has 0 unspecified atom stereocenters. The van der Waals surface area contributed by atoms with Gasteiger partial charge < -0.3 is 10.2 Å². The molecular formula is C17H23N5O. The summed E-state index contributed by atoms with van der Waals surface area (Å²) in [5.74, 6) is 1.04.